The van der Waals surface area contributed by atoms with Crippen LogP contribution in [0.1, 0.15) is 73.6 Å². The van der Waals surface area contributed by atoms with Crippen LogP contribution in [0.25, 0.3) is 0 Å². The predicted octanol–water partition coefficient (Wildman–Crippen LogP) is 4.64. The lowest BCUT2D eigenvalue weighted by Gasteiger charge is -2.32. The Morgan fingerprint density at radius 2 is 1.25 bits per heavy atom. The first-order valence-corrected chi connectivity index (χ1v) is 6.97. The van der Waals surface area contributed by atoms with Crippen LogP contribution in [0.15, 0.2) is 0 Å². The molecule has 1 nitrogen and oxygen atoms in total. The molecule has 0 aliphatic heterocycles. The van der Waals surface area contributed by atoms with Crippen molar-refractivity contribution < 1.29 is 5.11 Å². The van der Waals surface area contributed by atoms with Gasteiger partial charge >= 0.3 is 0 Å². The molecule has 0 aliphatic carbocycles. The van der Waals surface area contributed by atoms with E-state index >= 15 is 0 Å². The van der Waals surface area contributed by atoms with Crippen molar-refractivity contribution in [1.29, 1.82) is 0 Å². The SMILES string of the molecule is CC(C)CCCC(O)(CC(C)C)CC(C)C. The maximum atomic E-state index is 10.7. The van der Waals surface area contributed by atoms with Gasteiger partial charge in [-0.15, -0.1) is 0 Å². The van der Waals surface area contributed by atoms with Crippen LogP contribution in [-0.2, 0) is 0 Å². The Bertz CT molecular complexity index is 160. The third-order valence-electron chi connectivity index (χ3n) is 3.00. The van der Waals surface area contributed by atoms with Gasteiger partial charge in [-0.2, -0.15) is 0 Å². The maximum Gasteiger partial charge on any atom is 0.0652 e. The number of aliphatic hydroxyl groups is 1. The lowest BCUT2D eigenvalue weighted by atomic mass is 9.81. The van der Waals surface area contributed by atoms with Gasteiger partial charge in [-0.3, -0.25) is 0 Å². The second-order valence-corrected chi connectivity index (χ2v) is 6.71. The zero-order valence-corrected chi connectivity index (χ0v) is 12.2. The van der Waals surface area contributed by atoms with E-state index in [0.29, 0.717) is 11.8 Å². The van der Waals surface area contributed by atoms with Crippen LogP contribution in [0, 0.1) is 17.8 Å². The van der Waals surface area contributed by atoms with Gasteiger partial charge in [0.1, 0.15) is 0 Å². The topological polar surface area (TPSA) is 20.2 Å². The second kappa shape index (κ2) is 7.32. The molecule has 0 aliphatic rings. The molecule has 1 heteroatoms. The first-order valence-electron chi connectivity index (χ1n) is 6.97. The smallest absolute Gasteiger partial charge is 0.0652 e. The highest BCUT2D eigenvalue weighted by molar-refractivity contribution is 4.81. The summed E-state index contributed by atoms with van der Waals surface area (Å²) in [5.41, 5.74) is -0.419. The molecule has 0 saturated carbocycles. The van der Waals surface area contributed by atoms with Crippen LogP contribution in [0.2, 0.25) is 0 Å². The number of rotatable bonds is 8. The minimum absolute atomic E-state index is 0.419. The van der Waals surface area contributed by atoms with Crippen LogP contribution in [0.5, 0.6) is 0 Å². The molecule has 0 rings (SSSR count). The molecule has 0 radical (unpaired) electrons. The van der Waals surface area contributed by atoms with E-state index in [4.69, 9.17) is 0 Å². The first kappa shape index (κ1) is 16.0. The maximum absolute atomic E-state index is 10.7. The Hall–Kier alpha value is -0.0400. The molecule has 0 unspecified atom stereocenters. The van der Waals surface area contributed by atoms with Gasteiger partial charge in [0.15, 0.2) is 0 Å². The Morgan fingerprint density at radius 1 is 0.812 bits per heavy atom. The summed E-state index contributed by atoms with van der Waals surface area (Å²) < 4.78 is 0. The molecule has 0 amide bonds. The van der Waals surface area contributed by atoms with Crippen molar-refractivity contribution in [2.24, 2.45) is 17.8 Å². The third-order valence-corrected chi connectivity index (χ3v) is 3.00. The molecule has 16 heavy (non-hydrogen) atoms. The number of hydrogen-bond donors (Lipinski definition) is 1. The van der Waals surface area contributed by atoms with E-state index in [1.54, 1.807) is 0 Å². The Kier molecular flexibility index (Phi) is 7.30. The van der Waals surface area contributed by atoms with Crippen molar-refractivity contribution in [1.82, 2.24) is 0 Å². The quantitative estimate of drug-likeness (QED) is 0.642. The molecular formula is C15H32O. The Morgan fingerprint density at radius 3 is 1.56 bits per heavy atom. The fourth-order valence-corrected chi connectivity index (χ4v) is 2.65. The zero-order valence-electron chi connectivity index (χ0n) is 12.2. The third kappa shape index (κ3) is 8.15. The van der Waals surface area contributed by atoms with Gasteiger partial charge in [0.05, 0.1) is 5.60 Å². The summed E-state index contributed by atoms with van der Waals surface area (Å²) in [7, 11) is 0. The molecule has 1 N–H and O–H groups in total. The van der Waals surface area contributed by atoms with E-state index in [1.165, 1.54) is 6.42 Å². The monoisotopic (exact) mass is 228 g/mol. The summed E-state index contributed by atoms with van der Waals surface area (Å²) in [6, 6.07) is 0. The van der Waals surface area contributed by atoms with Crippen molar-refractivity contribution in [2.75, 3.05) is 0 Å². The van der Waals surface area contributed by atoms with Gasteiger partial charge in [-0.05, 0) is 37.0 Å². The zero-order chi connectivity index (χ0) is 12.8. The summed E-state index contributed by atoms with van der Waals surface area (Å²) in [4.78, 5) is 0. The molecule has 0 saturated heterocycles. The summed E-state index contributed by atoms with van der Waals surface area (Å²) >= 11 is 0. The number of hydrogen-bond acceptors (Lipinski definition) is 1. The van der Waals surface area contributed by atoms with Crippen LogP contribution in [0.3, 0.4) is 0 Å². The molecule has 98 valence electrons. The van der Waals surface area contributed by atoms with Gasteiger partial charge in [0, 0.05) is 0 Å². The van der Waals surface area contributed by atoms with E-state index < -0.39 is 5.60 Å². The van der Waals surface area contributed by atoms with Gasteiger partial charge in [0.2, 0.25) is 0 Å². The summed E-state index contributed by atoms with van der Waals surface area (Å²) in [6.07, 6.45) is 5.26. The highest BCUT2D eigenvalue weighted by Gasteiger charge is 2.28. The molecule has 0 spiro atoms. The van der Waals surface area contributed by atoms with Crippen molar-refractivity contribution in [3.8, 4) is 0 Å². The average Bonchev–Trinajstić information content (AvgIpc) is 1.98. The average molecular weight is 228 g/mol. The fraction of sp³-hybridized carbons (Fsp3) is 1.00. The fourth-order valence-electron chi connectivity index (χ4n) is 2.65. The van der Waals surface area contributed by atoms with E-state index in [0.717, 1.165) is 31.6 Å². The minimum Gasteiger partial charge on any atom is -0.390 e. The van der Waals surface area contributed by atoms with E-state index in [1.807, 2.05) is 0 Å². The van der Waals surface area contributed by atoms with Gasteiger partial charge in [-0.25, -0.2) is 0 Å². The molecular weight excluding hydrogens is 196 g/mol. The molecule has 0 aromatic heterocycles. The van der Waals surface area contributed by atoms with E-state index in [9.17, 15) is 5.11 Å². The lowest BCUT2D eigenvalue weighted by Crippen LogP contribution is -2.32. The summed E-state index contributed by atoms with van der Waals surface area (Å²) in [5, 5.41) is 10.7. The second-order valence-electron chi connectivity index (χ2n) is 6.71. The predicted molar refractivity (Wildman–Crippen MR) is 72.5 cm³/mol. The van der Waals surface area contributed by atoms with E-state index in [-0.39, 0.29) is 0 Å². The van der Waals surface area contributed by atoms with Gasteiger partial charge in [0.25, 0.3) is 0 Å². The molecule has 0 bridgehead atoms. The van der Waals surface area contributed by atoms with Crippen LogP contribution in [0.4, 0.5) is 0 Å². The van der Waals surface area contributed by atoms with Crippen molar-refractivity contribution >= 4 is 0 Å². The van der Waals surface area contributed by atoms with Crippen LogP contribution in [-0.4, -0.2) is 10.7 Å². The standard InChI is InChI=1S/C15H32O/c1-12(2)8-7-9-15(16,10-13(3)4)11-14(5)6/h12-14,16H,7-11H2,1-6H3. The summed E-state index contributed by atoms with van der Waals surface area (Å²) in [5.74, 6) is 1.92. The molecule has 0 aromatic rings. The molecule has 0 atom stereocenters. The van der Waals surface area contributed by atoms with Gasteiger partial charge < -0.3 is 5.11 Å². The summed E-state index contributed by atoms with van der Waals surface area (Å²) in [6.45, 7) is 13.3. The van der Waals surface area contributed by atoms with Crippen molar-refractivity contribution in [2.45, 2.75) is 79.2 Å². The van der Waals surface area contributed by atoms with Crippen molar-refractivity contribution in [3.63, 3.8) is 0 Å². The van der Waals surface area contributed by atoms with E-state index in [2.05, 4.69) is 41.5 Å². The normalized spacial score (nSPS) is 13.1. The minimum atomic E-state index is -0.419. The molecule has 0 aromatic carbocycles. The Balaban J connectivity index is 4.18. The van der Waals surface area contributed by atoms with Crippen LogP contribution >= 0.6 is 0 Å². The first-order chi connectivity index (χ1) is 7.25. The highest BCUT2D eigenvalue weighted by Crippen LogP contribution is 2.30. The highest BCUT2D eigenvalue weighted by atomic mass is 16.3. The van der Waals surface area contributed by atoms with Crippen LogP contribution < -0.4 is 0 Å². The molecule has 0 fully saturated rings. The largest absolute Gasteiger partial charge is 0.390 e. The Labute approximate surface area is 103 Å². The molecule has 0 heterocycles. The van der Waals surface area contributed by atoms with Gasteiger partial charge in [-0.1, -0.05) is 54.4 Å². The van der Waals surface area contributed by atoms with Crippen molar-refractivity contribution in [3.05, 3.63) is 0 Å². The lowest BCUT2D eigenvalue weighted by molar-refractivity contribution is -0.00994.